The third-order valence-corrected chi connectivity index (χ3v) is 8.07. The van der Waals surface area contributed by atoms with E-state index in [9.17, 15) is 17.6 Å². The monoisotopic (exact) mass is 721 g/mol. The molecule has 4 aromatic carbocycles. The quantitative estimate of drug-likeness (QED) is 0.0712. The van der Waals surface area contributed by atoms with E-state index in [0.717, 1.165) is 0 Å². The van der Waals surface area contributed by atoms with E-state index in [4.69, 9.17) is 0 Å². The summed E-state index contributed by atoms with van der Waals surface area (Å²) in [5.41, 5.74) is -2.33. The second kappa shape index (κ2) is 10.6. The van der Waals surface area contributed by atoms with Crippen molar-refractivity contribution in [2.75, 3.05) is 0 Å². The van der Waals surface area contributed by atoms with Crippen molar-refractivity contribution < 1.29 is 52.2 Å². The molecular weight excluding hydrogens is 712 g/mol. The molecule has 1 radical (unpaired) electrons. The first-order valence-corrected chi connectivity index (χ1v) is 13.8. The van der Waals surface area contributed by atoms with Crippen molar-refractivity contribution >= 4 is 44.1 Å². The van der Waals surface area contributed by atoms with Crippen molar-refractivity contribution in [2.24, 2.45) is 0 Å². The van der Waals surface area contributed by atoms with Gasteiger partial charge in [-0.1, -0.05) is 48.5 Å². The van der Waals surface area contributed by atoms with Crippen LogP contribution < -0.4 is 0 Å². The number of nitrogens with zero attached hydrogens (tertiary/aromatic N) is 6. The molecule has 0 aliphatic carbocycles. The summed E-state index contributed by atoms with van der Waals surface area (Å²) >= 11 is 0. The van der Waals surface area contributed by atoms with Gasteiger partial charge in [0.1, 0.15) is 22.6 Å². The maximum absolute atomic E-state index is 15.4. The Bertz CT molecular complexity index is 2800. The van der Waals surface area contributed by atoms with E-state index < -0.39 is 91.4 Å². The van der Waals surface area contributed by atoms with Gasteiger partial charge in [0.25, 0.3) is 0 Å². The van der Waals surface area contributed by atoms with Gasteiger partial charge in [0, 0.05) is 39.0 Å². The normalized spacial score (nSPS) is 11.9. The first-order valence-electron chi connectivity index (χ1n) is 13.8. The molecule has 5 heterocycles. The van der Waals surface area contributed by atoms with Gasteiger partial charge in [-0.15, -0.1) is 0 Å². The Morgan fingerprint density at radius 3 is 1.20 bits per heavy atom. The smallest absolute Gasteiger partial charge is 0.198 e. The zero-order valence-electron chi connectivity index (χ0n) is 23.6. The molecular formula is C32H10CuF8N8. The van der Waals surface area contributed by atoms with Crippen molar-refractivity contribution in [3.05, 3.63) is 95.1 Å². The number of H-pyrrole nitrogens is 2. The minimum absolute atomic E-state index is 0. The Morgan fingerprint density at radius 1 is 0.367 bits per heavy atom. The first-order chi connectivity index (χ1) is 23.1. The predicted molar refractivity (Wildman–Crippen MR) is 156 cm³/mol. The maximum Gasteiger partial charge on any atom is 0.198 e. The molecule has 0 spiro atoms. The molecule has 0 saturated heterocycles. The molecule has 2 N–H and O–H groups in total. The molecule has 8 bridgehead atoms. The summed E-state index contributed by atoms with van der Waals surface area (Å²) in [7, 11) is 0. The second-order valence-corrected chi connectivity index (χ2v) is 10.7. The number of fused-ring (bicyclic) bond motifs is 20. The van der Waals surface area contributed by atoms with Gasteiger partial charge in [0.05, 0.1) is 21.9 Å². The summed E-state index contributed by atoms with van der Waals surface area (Å²) in [6.07, 6.45) is 0. The van der Waals surface area contributed by atoms with E-state index in [1.54, 1.807) is 48.5 Å². The van der Waals surface area contributed by atoms with Crippen molar-refractivity contribution in [2.45, 2.75) is 0 Å². The predicted octanol–water partition coefficient (Wildman–Crippen LogP) is 7.98. The van der Waals surface area contributed by atoms with Gasteiger partial charge in [-0.3, -0.25) is 0 Å². The number of rotatable bonds is 0. The molecule has 9 rings (SSSR count). The number of hydrogen-bond acceptors (Lipinski definition) is 6. The van der Waals surface area contributed by atoms with Crippen LogP contribution in [0.5, 0.6) is 0 Å². The van der Waals surface area contributed by atoms with Crippen molar-refractivity contribution in [1.82, 2.24) is 39.9 Å². The zero-order chi connectivity index (χ0) is 33.2. The number of hydrogen-bond donors (Lipinski definition) is 2. The van der Waals surface area contributed by atoms with Crippen molar-refractivity contribution in [3.8, 4) is 45.6 Å². The number of benzene rings is 4. The third-order valence-electron chi connectivity index (χ3n) is 8.07. The van der Waals surface area contributed by atoms with Gasteiger partial charge in [0.15, 0.2) is 69.8 Å². The molecule has 17 heteroatoms. The molecule has 49 heavy (non-hydrogen) atoms. The summed E-state index contributed by atoms with van der Waals surface area (Å²) in [6, 6.07) is 13.3. The summed E-state index contributed by atoms with van der Waals surface area (Å²) in [6.45, 7) is 0. The Labute approximate surface area is 276 Å². The van der Waals surface area contributed by atoms with Crippen LogP contribution in [-0.4, -0.2) is 39.9 Å². The molecule has 0 atom stereocenters. The molecule has 0 unspecified atom stereocenters. The summed E-state index contributed by atoms with van der Waals surface area (Å²) in [5.74, 6) is -17.9. The van der Waals surface area contributed by atoms with E-state index in [0.29, 0.717) is 21.9 Å². The molecule has 7 aromatic rings. The van der Waals surface area contributed by atoms with Crippen molar-refractivity contribution in [1.29, 1.82) is 0 Å². The summed E-state index contributed by atoms with van der Waals surface area (Å²) in [4.78, 5) is 31.1. The van der Waals surface area contributed by atoms with Crippen LogP contribution in [0.3, 0.4) is 0 Å². The van der Waals surface area contributed by atoms with Crippen LogP contribution in [0.15, 0.2) is 48.5 Å². The van der Waals surface area contributed by atoms with E-state index in [2.05, 4.69) is 39.9 Å². The van der Waals surface area contributed by atoms with E-state index >= 15 is 17.6 Å². The fraction of sp³-hybridized carbons (Fsp3) is 0. The fourth-order valence-electron chi connectivity index (χ4n) is 5.91. The van der Waals surface area contributed by atoms with Gasteiger partial charge in [0.2, 0.25) is 0 Å². The third kappa shape index (κ3) is 4.15. The Balaban J connectivity index is 0.00000348. The molecule has 0 saturated carbocycles. The molecule has 3 aromatic heterocycles. The molecule has 245 valence electrons. The zero-order valence-corrected chi connectivity index (χ0v) is 24.6. The largest absolute Gasteiger partial charge is 0.324 e. The van der Waals surface area contributed by atoms with Gasteiger partial charge in [-0.05, 0) is 0 Å². The number of aromatic amines is 2. The van der Waals surface area contributed by atoms with Crippen LogP contribution in [0.1, 0.15) is 0 Å². The van der Waals surface area contributed by atoms with Crippen LogP contribution in [-0.2, 0) is 17.1 Å². The average molecular weight is 722 g/mol. The average Bonchev–Trinajstić information content (AvgIpc) is 3.83. The van der Waals surface area contributed by atoms with Gasteiger partial charge in [-0.25, -0.2) is 65.0 Å². The van der Waals surface area contributed by atoms with Gasteiger partial charge in [-0.2, -0.15) is 0 Å². The Morgan fingerprint density at radius 2 is 0.714 bits per heavy atom. The summed E-state index contributed by atoms with van der Waals surface area (Å²) < 4.78 is 120. The topological polar surface area (TPSA) is 109 Å². The fourth-order valence-corrected chi connectivity index (χ4v) is 5.91. The van der Waals surface area contributed by atoms with E-state index in [-0.39, 0.29) is 40.0 Å². The van der Waals surface area contributed by atoms with Crippen LogP contribution in [0.4, 0.5) is 35.1 Å². The SMILES string of the molecule is Fc1c(F)c(F)c2c(c1F)-c1nc-2nc2[nH]c(nc3nc(nc4[nH]c(n1)c1ccccc41)-c1ccccc1-3)c1c(F)c(F)c(F)c(F)c21.[Cu]. The number of halogens is 8. The Hall–Kier alpha value is -5.80. The number of nitrogens with one attached hydrogen (secondary N) is 2. The summed E-state index contributed by atoms with van der Waals surface area (Å²) in [5, 5.41) is -1.00. The number of aromatic nitrogens is 8. The van der Waals surface area contributed by atoms with Gasteiger partial charge >= 0.3 is 0 Å². The van der Waals surface area contributed by atoms with Gasteiger partial charge < -0.3 is 9.97 Å². The van der Waals surface area contributed by atoms with Crippen LogP contribution in [0.25, 0.3) is 89.7 Å². The first kappa shape index (κ1) is 30.5. The minimum atomic E-state index is -2.21. The van der Waals surface area contributed by atoms with E-state index in [1.807, 2.05) is 0 Å². The molecule has 2 aliphatic heterocycles. The molecule has 2 aliphatic rings. The van der Waals surface area contributed by atoms with Crippen LogP contribution in [0, 0.1) is 46.5 Å². The van der Waals surface area contributed by atoms with Crippen molar-refractivity contribution in [3.63, 3.8) is 0 Å². The second-order valence-electron chi connectivity index (χ2n) is 10.7. The maximum atomic E-state index is 15.4. The Kier molecular flexibility index (Phi) is 6.60. The van der Waals surface area contributed by atoms with Crippen LogP contribution >= 0.6 is 0 Å². The minimum Gasteiger partial charge on any atom is -0.324 e. The molecule has 0 fully saturated rings. The molecule has 0 amide bonds. The molecule has 8 nitrogen and oxygen atoms in total. The van der Waals surface area contributed by atoms with E-state index in [1.165, 1.54) is 0 Å². The van der Waals surface area contributed by atoms with Crippen LogP contribution in [0.2, 0.25) is 0 Å². The standard InChI is InChI=1S/C32H10F8N8.Cu/c33-17-13-15(19(35)23(39)21(17)37)31-46-29(13)44-27-11-7-3-1-5-9(11)25(42-27)41-26-10-6-2-4-8-12(10)28(43-26)45-30-14-16(32(47-30)48-31)20(36)24(40)22(38)18(14)34;/h1-8H,(H2,41,42,43,44,45,46,47,48);.